The summed E-state index contributed by atoms with van der Waals surface area (Å²) in [7, 11) is 0. The summed E-state index contributed by atoms with van der Waals surface area (Å²) in [6, 6.07) is 3.29. The van der Waals surface area contributed by atoms with Gasteiger partial charge in [-0.3, -0.25) is 4.79 Å². The van der Waals surface area contributed by atoms with Crippen molar-refractivity contribution in [1.82, 2.24) is 10.3 Å². The number of β-amino-alcohol motifs (C(OH)–C–C–N with tert-alkyl or cyclic N) is 1. The Morgan fingerprint density at radius 2 is 2.47 bits per heavy atom. The minimum Gasteiger partial charge on any atom is -0.459 e. The molecule has 7 heteroatoms. The van der Waals surface area contributed by atoms with Gasteiger partial charge in [0.05, 0.1) is 24.6 Å². The molecule has 0 saturated carbocycles. The molecule has 0 aromatic carbocycles. The standard InChI is InChI=1S/C12H13N3O3S/c16-9-5-15(6-9)12-14-8(7-19-12)4-13-11(17)10-2-1-3-18-10/h1-3,7,9,16H,4-6H2,(H,13,17). The molecule has 19 heavy (non-hydrogen) atoms. The van der Waals surface area contributed by atoms with E-state index in [2.05, 4.69) is 10.3 Å². The van der Waals surface area contributed by atoms with Crippen LogP contribution in [0, 0.1) is 0 Å². The highest BCUT2D eigenvalue weighted by Crippen LogP contribution is 2.24. The van der Waals surface area contributed by atoms with Crippen LogP contribution in [0.4, 0.5) is 5.13 Å². The number of aliphatic hydroxyl groups is 1. The van der Waals surface area contributed by atoms with Crippen molar-refractivity contribution < 1.29 is 14.3 Å². The largest absolute Gasteiger partial charge is 0.459 e. The van der Waals surface area contributed by atoms with E-state index in [1.165, 1.54) is 17.6 Å². The number of hydrogen-bond donors (Lipinski definition) is 2. The van der Waals surface area contributed by atoms with Crippen molar-refractivity contribution in [2.24, 2.45) is 0 Å². The number of rotatable bonds is 4. The first kappa shape index (κ1) is 12.2. The molecule has 6 nitrogen and oxygen atoms in total. The highest BCUT2D eigenvalue weighted by molar-refractivity contribution is 7.13. The fourth-order valence-electron chi connectivity index (χ4n) is 1.80. The van der Waals surface area contributed by atoms with Gasteiger partial charge < -0.3 is 19.7 Å². The molecule has 2 N–H and O–H groups in total. The van der Waals surface area contributed by atoms with Crippen LogP contribution in [0.5, 0.6) is 0 Å². The Bertz CT molecular complexity index is 561. The van der Waals surface area contributed by atoms with Crippen LogP contribution in [-0.2, 0) is 6.54 Å². The SMILES string of the molecule is O=C(NCc1csc(N2CC(O)C2)n1)c1ccco1. The summed E-state index contributed by atoms with van der Waals surface area (Å²) in [5.74, 6) is 0.0419. The Labute approximate surface area is 113 Å². The third-order valence-electron chi connectivity index (χ3n) is 2.85. The summed E-state index contributed by atoms with van der Waals surface area (Å²) >= 11 is 1.51. The van der Waals surface area contributed by atoms with Crippen LogP contribution >= 0.6 is 11.3 Å². The van der Waals surface area contributed by atoms with Crippen molar-refractivity contribution >= 4 is 22.4 Å². The van der Waals surface area contributed by atoms with Gasteiger partial charge >= 0.3 is 0 Å². The molecule has 0 bridgehead atoms. The Kier molecular flexibility index (Phi) is 3.22. The van der Waals surface area contributed by atoms with Gasteiger partial charge in [0.2, 0.25) is 0 Å². The molecule has 1 saturated heterocycles. The lowest BCUT2D eigenvalue weighted by Gasteiger charge is -2.35. The highest BCUT2D eigenvalue weighted by Gasteiger charge is 2.26. The van der Waals surface area contributed by atoms with E-state index in [1.807, 2.05) is 10.3 Å². The first-order valence-corrected chi connectivity index (χ1v) is 6.79. The van der Waals surface area contributed by atoms with Crippen LogP contribution in [0.25, 0.3) is 0 Å². The first-order valence-electron chi connectivity index (χ1n) is 5.91. The number of furan rings is 1. The second kappa shape index (κ2) is 5.02. The quantitative estimate of drug-likeness (QED) is 0.867. The second-order valence-electron chi connectivity index (χ2n) is 4.34. The molecule has 0 radical (unpaired) electrons. The zero-order valence-corrected chi connectivity index (χ0v) is 10.9. The second-order valence-corrected chi connectivity index (χ2v) is 5.18. The normalized spacial score (nSPS) is 15.3. The van der Waals surface area contributed by atoms with Crippen molar-refractivity contribution in [2.75, 3.05) is 18.0 Å². The maximum absolute atomic E-state index is 11.7. The van der Waals surface area contributed by atoms with Crippen LogP contribution in [0.1, 0.15) is 16.2 Å². The molecule has 0 aliphatic carbocycles. The maximum atomic E-state index is 11.7. The number of anilines is 1. The van der Waals surface area contributed by atoms with E-state index in [-0.39, 0.29) is 12.0 Å². The summed E-state index contributed by atoms with van der Waals surface area (Å²) in [6.07, 6.45) is 1.22. The summed E-state index contributed by atoms with van der Waals surface area (Å²) in [5, 5.41) is 14.8. The minimum absolute atomic E-state index is 0.244. The Balaban J connectivity index is 1.54. The number of carbonyl (C=O) groups excluding carboxylic acids is 1. The van der Waals surface area contributed by atoms with Crippen molar-refractivity contribution in [1.29, 1.82) is 0 Å². The predicted octanol–water partition coefficient (Wildman–Crippen LogP) is 0.847. The van der Waals surface area contributed by atoms with Crippen LogP contribution in [0.2, 0.25) is 0 Å². The fraction of sp³-hybridized carbons (Fsp3) is 0.333. The molecule has 0 atom stereocenters. The first-order chi connectivity index (χ1) is 9.22. The van der Waals surface area contributed by atoms with Gasteiger partial charge in [0.1, 0.15) is 0 Å². The van der Waals surface area contributed by atoms with Gasteiger partial charge in [0.25, 0.3) is 5.91 Å². The molecule has 1 amide bonds. The highest BCUT2D eigenvalue weighted by atomic mass is 32.1. The molecule has 1 aliphatic heterocycles. The molecule has 3 heterocycles. The molecule has 100 valence electrons. The van der Waals surface area contributed by atoms with E-state index >= 15 is 0 Å². The van der Waals surface area contributed by atoms with Crippen LogP contribution in [0.15, 0.2) is 28.2 Å². The third kappa shape index (κ3) is 2.61. The Morgan fingerprint density at radius 1 is 1.63 bits per heavy atom. The number of thiazole rings is 1. The number of amides is 1. The van der Waals surface area contributed by atoms with Crippen LogP contribution < -0.4 is 10.2 Å². The summed E-state index contributed by atoms with van der Waals surface area (Å²) in [6.45, 7) is 1.63. The molecule has 0 spiro atoms. The maximum Gasteiger partial charge on any atom is 0.287 e. The lowest BCUT2D eigenvalue weighted by molar-refractivity contribution is 0.0922. The van der Waals surface area contributed by atoms with Crippen molar-refractivity contribution in [2.45, 2.75) is 12.6 Å². The van der Waals surface area contributed by atoms with Crippen molar-refractivity contribution in [3.8, 4) is 0 Å². The number of hydrogen-bond acceptors (Lipinski definition) is 6. The minimum atomic E-state index is -0.251. The number of aromatic nitrogens is 1. The van der Waals surface area contributed by atoms with E-state index in [9.17, 15) is 9.90 Å². The molecule has 1 aliphatic rings. The number of nitrogens with zero attached hydrogens (tertiary/aromatic N) is 2. The lowest BCUT2D eigenvalue weighted by atomic mass is 10.2. The van der Waals surface area contributed by atoms with Gasteiger partial charge in [-0.25, -0.2) is 4.98 Å². The Morgan fingerprint density at radius 3 is 3.16 bits per heavy atom. The van der Waals surface area contributed by atoms with Gasteiger partial charge in [0.15, 0.2) is 10.9 Å². The van der Waals surface area contributed by atoms with E-state index in [0.717, 1.165) is 10.8 Å². The topological polar surface area (TPSA) is 78.6 Å². The van der Waals surface area contributed by atoms with Gasteiger partial charge in [-0.05, 0) is 12.1 Å². The number of nitrogens with one attached hydrogen (secondary N) is 1. The average Bonchev–Trinajstić information content (AvgIpc) is 3.03. The summed E-state index contributed by atoms with van der Waals surface area (Å²) in [4.78, 5) is 18.1. The van der Waals surface area contributed by atoms with Crippen LogP contribution in [-0.4, -0.2) is 35.2 Å². The lowest BCUT2D eigenvalue weighted by Crippen LogP contribution is -2.50. The summed E-state index contributed by atoms with van der Waals surface area (Å²) < 4.78 is 5.00. The van der Waals surface area contributed by atoms with Gasteiger partial charge in [-0.1, -0.05) is 0 Å². The Hall–Kier alpha value is -1.86. The molecule has 1 fully saturated rings. The van der Waals surface area contributed by atoms with Crippen LogP contribution in [0.3, 0.4) is 0 Å². The zero-order valence-electron chi connectivity index (χ0n) is 10.1. The van der Waals surface area contributed by atoms with Gasteiger partial charge in [0, 0.05) is 18.5 Å². The van der Waals surface area contributed by atoms with E-state index in [1.54, 1.807) is 12.1 Å². The fourth-order valence-corrected chi connectivity index (χ4v) is 2.65. The van der Waals surface area contributed by atoms with Crippen molar-refractivity contribution in [3.63, 3.8) is 0 Å². The van der Waals surface area contributed by atoms with Gasteiger partial charge in [-0.2, -0.15) is 0 Å². The monoisotopic (exact) mass is 279 g/mol. The average molecular weight is 279 g/mol. The van der Waals surface area contributed by atoms with E-state index in [0.29, 0.717) is 25.4 Å². The summed E-state index contributed by atoms with van der Waals surface area (Å²) in [5.41, 5.74) is 0.807. The van der Waals surface area contributed by atoms with Crippen molar-refractivity contribution in [3.05, 3.63) is 35.2 Å². The molecular weight excluding hydrogens is 266 g/mol. The van der Waals surface area contributed by atoms with Gasteiger partial charge in [-0.15, -0.1) is 11.3 Å². The number of carbonyl (C=O) groups is 1. The number of aliphatic hydroxyl groups excluding tert-OH is 1. The van der Waals surface area contributed by atoms with E-state index in [4.69, 9.17) is 4.42 Å². The smallest absolute Gasteiger partial charge is 0.287 e. The predicted molar refractivity (Wildman–Crippen MR) is 70.2 cm³/mol. The molecule has 3 rings (SSSR count). The zero-order chi connectivity index (χ0) is 13.2. The third-order valence-corrected chi connectivity index (χ3v) is 3.80. The molecule has 0 unspecified atom stereocenters. The molecular formula is C12H13N3O3S. The molecule has 2 aromatic heterocycles. The molecule has 2 aromatic rings. The van der Waals surface area contributed by atoms with E-state index < -0.39 is 0 Å².